The van der Waals surface area contributed by atoms with E-state index in [0.717, 1.165) is 54.8 Å². The molecular formula is C25H27FN4O2. The lowest BCUT2D eigenvalue weighted by molar-refractivity contribution is -0.131. The Morgan fingerprint density at radius 1 is 1.16 bits per heavy atom. The second kappa shape index (κ2) is 8.37. The maximum absolute atomic E-state index is 15.1. The first-order valence-electron chi connectivity index (χ1n) is 11.1. The van der Waals surface area contributed by atoms with E-state index in [0.29, 0.717) is 29.8 Å². The first kappa shape index (κ1) is 20.7. The highest BCUT2D eigenvalue weighted by atomic mass is 19.1. The maximum Gasteiger partial charge on any atom is 0.225 e. The third kappa shape index (κ3) is 3.99. The van der Waals surface area contributed by atoms with Gasteiger partial charge in [0, 0.05) is 25.6 Å². The Labute approximate surface area is 187 Å². The second-order valence-electron chi connectivity index (χ2n) is 8.90. The van der Waals surface area contributed by atoms with Crippen LogP contribution in [0.4, 0.5) is 4.39 Å². The van der Waals surface area contributed by atoms with E-state index in [-0.39, 0.29) is 11.7 Å². The first-order valence-corrected chi connectivity index (χ1v) is 11.1. The third-order valence-electron chi connectivity index (χ3n) is 6.53. The fraction of sp³-hybridized carbons (Fsp3) is 0.400. The standard InChI is InChI=1S/C25H27FN4O2/c1-16-11-19(6-8-23(16)32-2)20-5-7-21(22(26)12-20)24-28-27-15-30(24)14-17-9-10-29(13-17)25(31)18-3-4-18/h5-8,11-12,15,17-18H,3-4,9-10,13-14H2,1-2H3/t17-/m0/s1. The summed E-state index contributed by atoms with van der Waals surface area (Å²) in [5.74, 6) is 1.88. The highest BCUT2D eigenvalue weighted by Gasteiger charge is 2.36. The SMILES string of the molecule is COc1ccc(-c2ccc(-c3nncn3C[C@H]3CCN(C(=O)C4CC4)C3)c(F)c2)cc1C. The van der Waals surface area contributed by atoms with E-state index in [9.17, 15) is 4.79 Å². The van der Waals surface area contributed by atoms with Crippen molar-refractivity contribution in [2.75, 3.05) is 20.2 Å². The number of methoxy groups -OCH3 is 1. The van der Waals surface area contributed by atoms with Crippen LogP contribution in [0.1, 0.15) is 24.8 Å². The van der Waals surface area contributed by atoms with Crippen LogP contribution in [0.5, 0.6) is 5.75 Å². The maximum atomic E-state index is 15.1. The van der Waals surface area contributed by atoms with Crippen LogP contribution < -0.4 is 4.74 Å². The Morgan fingerprint density at radius 2 is 1.94 bits per heavy atom. The highest BCUT2D eigenvalue weighted by molar-refractivity contribution is 5.81. The lowest BCUT2D eigenvalue weighted by atomic mass is 10.0. The number of benzene rings is 2. The molecule has 2 aliphatic rings. The molecule has 2 fully saturated rings. The molecule has 0 bridgehead atoms. The van der Waals surface area contributed by atoms with E-state index in [4.69, 9.17) is 4.74 Å². The Balaban J connectivity index is 1.33. The molecular weight excluding hydrogens is 407 g/mol. The summed E-state index contributed by atoms with van der Waals surface area (Å²) in [5.41, 5.74) is 3.16. The smallest absolute Gasteiger partial charge is 0.225 e. The van der Waals surface area contributed by atoms with Crippen molar-refractivity contribution in [3.63, 3.8) is 0 Å². The largest absolute Gasteiger partial charge is 0.496 e. The van der Waals surface area contributed by atoms with Crippen LogP contribution in [-0.4, -0.2) is 45.8 Å². The molecule has 1 saturated heterocycles. The molecule has 5 rings (SSSR count). The van der Waals surface area contributed by atoms with Crippen LogP contribution in [0.15, 0.2) is 42.7 Å². The molecule has 6 nitrogen and oxygen atoms in total. The number of ether oxygens (including phenoxy) is 1. The van der Waals surface area contributed by atoms with Gasteiger partial charge in [0.25, 0.3) is 0 Å². The highest BCUT2D eigenvalue weighted by Crippen LogP contribution is 2.34. The first-order chi connectivity index (χ1) is 15.5. The van der Waals surface area contributed by atoms with E-state index in [1.807, 2.05) is 40.7 Å². The average Bonchev–Trinajstić information content (AvgIpc) is 3.38. The van der Waals surface area contributed by atoms with E-state index >= 15 is 4.39 Å². The Morgan fingerprint density at radius 3 is 2.66 bits per heavy atom. The molecule has 1 amide bonds. The Bertz CT molecular complexity index is 1150. The summed E-state index contributed by atoms with van der Waals surface area (Å²) in [6, 6.07) is 11.0. The van der Waals surface area contributed by atoms with Gasteiger partial charge in [0.05, 0.1) is 12.7 Å². The zero-order valence-corrected chi connectivity index (χ0v) is 18.4. The number of carbonyl (C=O) groups excluding carboxylic acids is 1. The molecule has 2 aromatic carbocycles. The van der Waals surface area contributed by atoms with Crippen LogP contribution >= 0.6 is 0 Å². The molecule has 3 aromatic rings. The monoisotopic (exact) mass is 434 g/mol. The Kier molecular flexibility index (Phi) is 5.41. The molecule has 0 unspecified atom stereocenters. The number of rotatable bonds is 6. The van der Waals surface area contributed by atoms with E-state index in [2.05, 4.69) is 10.2 Å². The van der Waals surface area contributed by atoms with Crippen molar-refractivity contribution >= 4 is 5.91 Å². The predicted octanol–water partition coefficient (Wildman–Crippen LogP) is 4.33. The summed E-state index contributed by atoms with van der Waals surface area (Å²) in [6.07, 6.45) is 4.66. The van der Waals surface area contributed by atoms with Gasteiger partial charge in [0.15, 0.2) is 5.82 Å². The summed E-state index contributed by atoms with van der Waals surface area (Å²) in [6.45, 7) is 4.21. The van der Waals surface area contributed by atoms with Crippen LogP contribution in [0.2, 0.25) is 0 Å². The van der Waals surface area contributed by atoms with Gasteiger partial charge >= 0.3 is 0 Å². The topological polar surface area (TPSA) is 60.3 Å². The summed E-state index contributed by atoms with van der Waals surface area (Å²) < 4.78 is 22.4. The quantitative estimate of drug-likeness (QED) is 0.580. The minimum Gasteiger partial charge on any atom is -0.496 e. The van der Waals surface area contributed by atoms with Crippen molar-refractivity contribution in [2.45, 2.75) is 32.7 Å². The zero-order chi connectivity index (χ0) is 22.2. The number of aromatic nitrogens is 3. The van der Waals surface area contributed by atoms with Crippen molar-refractivity contribution in [2.24, 2.45) is 11.8 Å². The van der Waals surface area contributed by atoms with Crippen LogP contribution in [0, 0.1) is 24.6 Å². The van der Waals surface area contributed by atoms with E-state index in [1.165, 1.54) is 0 Å². The number of likely N-dealkylation sites (tertiary alicyclic amines) is 1. The van der Waals surface area contributed by atoms with Gasteiger partial charge in [-0.25, -0.2) is 4.39 Å². The van der Waals surface area contributed by atoms with E-state index in [1.54, 1.807) is 25.6 Å². The number of aryl methyl sites for hydroxylation is 1. The van der Waals surface area contributed by atoms with Crippen LogP contribution in [-0.2, 0) is 11.3 Å². The van der Waals surface area contributed by atoms with Gasteiger partial charge in [-0.2, -0.15) is 0 Å². The minimum atomic E-state index is -0.331. The fourth-order valence-electron chi connectivity index (χ4n) is 4.58. The van der Waals surface area contributed by atoms with Crippen LogP contribution in [0.3, 0.4) is 0 Å². The normalized spacial score (nSPS) is 18.2. The molecule has 2 heterocycles. The average molecular weight is 435 g/mol. The number of hydrogen-bond acceptors (Lipinski definition) is 4. The predicted molar refractivity (Wildman–Crippen MR) is 120 cm³/mol. The van der Waals surface area contributed by atoms with Crippen molar-refractivity contribution in [1.82, 2.24) is 19.7 Å². The number of halogens is 1. The number of amides is 1. The summed E-state index contributed by atoms with van der Waals surface area (Å²) in [5, 5.41) is 8.23. The second-order valence-corrected chi connectivity index (χ2v) is 8.90. The van der Waals surface area contributed by atoms with Crippen molar-refractivity contribution in [3.8, 4) is 28.3 Å². The third-order valence-corrected chi connectivity index (χ3v) is 6.53. The van der Waals surface area contributed by atoms with Gasteiger partial charge < -0.3 is 14.2 Å². The minimum absolute atomic E-state index is 0.251. The molecule has 1 aliphatic heterocycles. The lowest BCUT2D eigenvalue weighted by Gasteiger charge is -2.17. The lowest BCUT2D eigenvalue weighted by Crippen LogP contribution is -2.30. The summed E-state index contributed by atoms with van der Waals surface area (Å²) in [4.78, 5) is 14.3. The number of hydrogen-bond donors (Lipinski definition) is 0. The summed E-state index contributed by atoms with van der Waals surface area (Å²) in [7, 11) is 1.64. The molecule has 0 radical (unpaired) electrons. The van der Waals surface area contributed by atoms with Gasteiger partial charge in [-0.1, -0.05) is 12.1 Å². The molecule has 7 heteroatoms. The van der Waals surface area contributed by atoms with Gasteiger partial charge in [-0.15, -0.1) is 10.2 Å². The van der Waals surface area contributed by atoms with Gasteiger partial charge in [0.1, 0.15) is 17.9 Å². The Hall–Kier alpha value is -3.22. The van der Waals surface area contributed by atoms with Gasteiger partial charge in [0.2, 0.25) is 5.91 Å². The molecule has 1 saturated carbocycles. The van der Waals surface area contributed by atoms with Crippen LogP contribution in [0.25, 0.3) is 22.5 Å². The van der Waals surface area contributed by atoms with Gasteiger partial charge in [-0.3, -0.25) is 4.79 Å². The van der Waals surface area contributed by atoms with Crippen molar-refractivity contribution < 1.29 is 13.9 Å². The van der Waals surface area contributed by atoms with Crippen molar-refractivity contribution in [3.05, 3.63) is 54.1 Å². The molecule has 1 aliphatic carbocycles. The zero-order valence-electron chi connectivity index (χ0n) is 18.4. The number of nitrogens with zero attached hydrogens (tertiary/aromatic N) is 4. The molecule has 1 aromatic heterocycles. The number of carbonyl (C=O) groups is 1. The molecule has 32 heavy (non-hydrogen) atoms. The van der Waals surface area contributed by atoms with E-state index < -0.39 is 0 Å². The molecule has 0 spiro atoms. The van der Waals surface area contributed by atoms with Crippen molar-refractivity contribution in [1.29, 1.82) is 0 Å². The van der Waals surface area contributed by atoms with Gasteiger partial charge in [-0.05, 0) is 73.1 Å². The molecule has 1 atom stereocenters. The molecule has 0 N–H and O–H groups in total. The molecule has 166 valence electrons. The fourth-order valence-corrected chi connectivity index (χ4v) is 4.58. The summed E-state index contributed by atoms with van der Waals surface area (Å²) >= 11 is 0.